The van der Waals surface area contributed by atoms with Crippen LogP contribution >= 0.6 is 0 Å². The van der Waals surface area contributed by atoms with Crippen LogP contribution in [0.15, 0.2) is 270 Å². The molecule has 0 bridgehead atoms. The molecule has 13 aromatic rings. The molecule has 0 aliphatic heterocycles. The van der Waals surface area contributed by atoms with Gasteiger partial charge in [-0.15, -0.1) is 0 Å². The van der Waals surface area contributed by atoms with Gasteiger partial charge in [0.05, 0.1) is 11.1 Å². The maximum Gasteiger partial charge on any atom is 0.135 e. The second-order valence-electron chi connectivity index (χ2n) is 18.4. The first-order valence-corrected chi connectivity index (χ1v) is 24.0. The summed E-state index contributed by atoms with van der Waals surface area (Å²) in [6.07, 6.45) is 0. The fourth-order valence-electron chi connectivity index (χ4n) is 11.4. The number of para-hydroxylation sites is 2. The van der Waals surface area contributed by atoms with Crippen molar-refractivity contribution in [1.82, 2.24) is 0 Å². The summed E-state index contributed by atoms with van der Waals surface area (Å²) in [7, 11) is 0. The molecular formula is C67H43NO2. The average molecular weight is 894 g/mol. The van der Waals surface area contributed by atoms with E-state index in [4.69, 9.17) is 8.83 Å². The zero-order chi connectivity index (χ0) is 46.2. The maximum atomic E-state index is 6.20. The molecule has 0 amide bonds. The van der Waals surface area contributed by atoms with Crippen molar-refractivity contribution in [3.63, 3.8) is 0 Å². The van der Waals surface area contributed by atoms with E-state index in [0.717, 1.165) is 94.3 Å². The van der Waals surface area contributed by atoms with E-state index in [0.29, 0.717) is 0 Å². The second kappa shape index (κ2) is 16.0. The van der Waals surface area contributed by atoms with Crippen molar-refractivity contribution >= 4 is 60.9 Å². The van der Waals surface area contributed by atoms with Crippen molar-refractivity contribution in [2.75, 3.05) is 4.90 Å². The Morgan fingerprint density at radius 3 is 1.30 bits per heavy atom. The molecule has 0 spiro atoms. The molecule has 14 rings (SSSR count). The summed E-state index contributed by atoms with van der Waals surface area (Å²) in [6, 6.07) is 94.5. The van der Waals surface area contributed by atoms with Gasteiger partial charge in [0.15, 0.2) is 0 Å². The summed E-state index contributed by atoms with van der Waals surface area (Å²) in [5, 5.41) is 4.51. The Labute approximate surface area is 405 Å². The third-order valence-electron chi connectivity index (χ3n) is 14.6. The highest BCUT2D eigenvalue weighted by atomic mass is 16.3. The summed E-state index contributed by atoms with van der Waals surface area (Å²) in [6.45, 7) is 0. The quantitative estimate of drug-likeness (QED) is 0.152. The minimum atomic E-state index is -0.528. The molecule has 0 N–H and O–H groups in total. The van der Waals surface area contributed by atoms with Gasteiger partial charge in [-0.05, 0) is 134 Å². The standard InChI is InChI=1S/C67H43NO2/c1-3-17-50(18-4-1)67(51-19-5-2-6-20-51)59-24-10-7-23-56(59)66-60(67)25-14-26-61(66)68(53-37-31-45(32-38-53)48-33-39-64-57(42-48)54-21-8-11-27-62(54)69-64)52-35-29-44(30-36-52)46-15-13-16-47(41-46)49-34-40-65-58(43-49)55-22-9-12-28-63(55)70-65/h1-43H. The van der Waals surface area contributed by atoms with Gasteiger partial charge in [-0.25, -0.2) is 0 Å². The van der Waals surface area contributed by atoms with Crippen molar-refractivity contribution in [3.05, 3.63) is 283 Å². The van der Waals surface area contributed by atoms with Crippen LogP contribution in [0.25, 0.3) is 88.4 Å². The van der Waals surface area contributed by atoms with E-state index in [1.807, 2.05) is 24.3 Å². The molecule has 0 saturated heterocycles. The van der Waals surface area contributed by atoms with Gasteiger partial charge in [0.1, 0.15) is 22.3 Å². The monoisotopic (exact) mass is 893 g/mol. The van der Waals surface area contributed by atoms with Crippen molar-refractivity contribution < 1.29 is 8.83 Å². The molecular weight excluding hydrogens is 851 g/mol. The third kappa shape index (κ3) is 6.22. The lowest BCUT2D eigenvalue weighted by molar-refractivity contribution is 0.668. The topological polar surface area (TPSA) is 29.5 Å². The Kier molecular flexibility index (Phi) is 9.11. The molecule has 0 unspecified atom stereocenters. The predicted molar refractivity (Wildman–Crippen MR) is 289 cm³/mol. The smallest absolute Gasteiger partial charge is 0.135 e. The fourth-order valence-corrected chi connectivity index (χ4v) is 11.4. The van der Waals surface area contributed by atoms with Crippen LogP contribution < -0.4 is 4.90 Å². The van der Waals surface area contributed by atoms with Crippen LogP contribution in [0.4, 0.5) is 17.1 Å². The maximum absolute atomic E-state index is 6.20. The van der Waals surface area contributed by atoms with Crippen molar-refractivity contribution in [2.45, 2.75) is 5.41 Å². The Hall–Kier alpha value is -9.18. The van der Waals surface area contributed by atoms with Crippen LogP contribution in [0.1, 0.15) is 22.3 Å². The molecule has 2 heterocycles. The molecule has 328 valence electrons. The number of rotatable bonds is 8. The van der Waals surface area contributed by atoms with Gasteiger partial charge < -0.3 is 13.7 Å². The van der Waals surface area contributed by atoms with Crippen molar-refractivity contribution in [2.24, 2.45) is 0 Å². The predicted octanol–water partition coefficient (Wildman–Crippen LogP) is 18.3. The minimum Gasteiger partial charge on any atom is -0.456 e. The largest absolute Gasteiger partial charge is 0.456 e. The lowest BCUT2D eigenvalue weighted by Gasteiger charge is -2.34. The summed E-state index contributed by atoms with van der Waals surface area (Å²) < 4.78 is 12.4. The second-order valence-corrected chi connectivity index (χ2v) is 18.4. The van der Waals surface area contributed by atoms with Crippen LogP contribution in [-0.4, -0.2) is 0 Å². The van der Waals surface area contributed by atoms with Crippen LogP contribution in [0.5, 0.6) is 0 Å². The molecule has 0 fully saturated rings. The van der Waals surface area contributed by atoms with Crippen LogP contribution in [0.3, 0.4) is 0 Å². The highest BCUT2D eigenvalue weighted by Gasteiger charge is 2.47. The fraction of sp³-hybridized carbons (Fsp3) is 0.0149. The highest BCUT2D eigenvalue weighted by molar-refractivity contribution is 6.07. The Balaban J connectivity index is 0.915. The Morgan fingerprint density at radius 2 is 0.714 bits per heavy atom. The molecule has 3 nitrogen and oxygen atoms in total. The van der Waals surface area contributed by atoms with Gasteiger partial charge in [0.25, 0.3) is 0 Å². The van der Waals surface area contributed by atoms with Crippen LogP contribution in [0, 0.1) is 0 Å². The summed E-state index contributed by atoms with van der Waals surface area (Å²) in [4.78, 5) is 2.45. The van der Waals surface area contributed by atoms with Crippen LogP contribution in [-0.2, 0) is 5.41 Å². The number of furan rings is 2. The third-order valence-corrected chi connectivity index (χ3v) is 14.6. The normalized spacial score (nSPS) is 12.7. The lowest BCUT2D eigenvalue weighted by Crippen LogP contribution is -2.28. The number of nitrogens with zero attached hydrogens (tertiary/aromatic N) is 1. The molecule has 0 atom stereocenters. The number of hydrogen-bond donors (Lipinski definition) is 0. The number of fused-ring (bicyclic) bond motifs is 9. The molecule has 11 aromatic carbocycles. The molecule has 3 heteroatoms. The van der Waals surface area contributed by atoms with Gasteiger partial charge >= 0.3 is 0 Å². The zero-order valence-corrected chi connectivity index (χ0v) is 38.1. The molecule has 2 aromatic heterocycles. The van der Waals surface area contributed by atoms with E-state index in [2.05, 4.69) is 241 Å². The van der Waals surface area contributed by atoms with E-state index in [1.165, 1.54) is 33.4 Å². The summed E-state index contributed by atoms with van der Waals surface area (Å²) in [5.74, 6) is 0. The molecule has 1 aliphatic rings. The van der Waals surface area contributed by atoms with E-state index in [9.17, 15) is 0 Å². The molecule has 0 radical (unpaired) electrons. The van der Waals surface area contributed by atoms with Gasteiger partial charge in [0, 0.05) is 38.5 Å². The molecule has 70 heavy (non-hydrogen) atoms. The van der Waals surface area contributed by atoms with Gasteiger partial charge in [0.2, 0.25) is 0 Å². The van der Waals surface area contributed by atoms with Crippen molar-refractivity contribution in [1.29, 1.82) is 0 Å². The first kappa shape index (κ1) is 39.9. The van der Waals surface area contributed by atoms with Gasteiger partial charge in [-0.2, -0.15) is 0 Å². The average Bonchev–Trinajstić information content (AvgIpc) is 4.10. The first-order chi connectivity index (χ1) is 34.7. The lowest BCUT2D eigenvalue weighted by atomic mass is 9.68. The van der Waals surface area contributed by atoms with E-state index >= 15 is 0 Å². The zero-order valence-electron chi connectivity index (χ0n) is 38.1. The minimum absolute atomic E-state index is 0.528. The first-order valence-electron chi connectivity index (χ1n) is 24.0. The summed E-state index contributed by atoms with van der Waals surface area (Å²) in [5.41, 5.74) is 20.7. The van der Waals surface area contributed by atoms with Crippen molar-refractivity contribution in [3.8, 4) is 44.5 Å². The van der Waals surface area contributed by atoms with Crippen LogP contribution in [0.2, 0.25) is 0 Å². The molecule has 1 aliphatic carbocycles. The van der Waals surface area contributed by atoms with E-state index < -0.39 is 5.41 Å². The number of hydrogen-bond acceptors (Lipinski definition) is 3. The number of anilines is 3. The van der Waals surface area contributed by atoms with Gasteiger partial charge in [-0.3, -0.25) is 0 Å². The van der Waals surface area contributed by atoms with E-state index in [1.54, 1.807) is 0 Å². The SMILES string of the molecule is c1ccc(C2(c3ccccc3)c3ccccc3-c3c(N(c4ccc(-c5cccc(-c6ccc7oc8ccccc8c7c6)c5)cc4)c4ccc(-c5ccc6oc7ccccc7c6c5)cc4)cccc32)cc1. The van der Waals surface area contributed by atoms with E-state index in [-0.39, 0.29) is 0 Å². The van der Waals surface area contributed by atoms with Gasteiger partial charge in [-0.1, -0.05) is 188 Å². The Bertz CT molecular complexity index is 4070. The summed E-state index contributed by atoms with van der Waals surface area (Å²) >= 11 is 0. The molecule has 0 saturated carbocycles. The number of benzene rings is 11. The highest BCUT2D eigenvalue weighted by Crippen LogP contribution is 2.59. The Morgan fingerprint density at radius 1 is 0.286 bits per heavy atom.